The number of hydroxylamine groups is 4. The third kappa shape index (κ3) is 2.16. The SMILES string of the molecule is COC1C2C[C@]23C[C@@]1(C)C(N)C3ON([O-])C1CCCCC1N(C)[O-]. The van der Waals surface area contributed by atoms with E-state index in [4.69, 9.17) is 15.3 Å². The highest BCUT2D eigenvalue weighted by atomic mass is 16.9. The number of nitrogens with two attached hydrogens (primary N) is 1. The molecule has 7 nitrogen and oxygen atoms in total. The summed E-state index contributed by atoms with van der Waals surface area (Å²) in [6.45, 7) is 2.16. The molecule has 4 fully saturated rings. The van der Waals surface area contributed by atoms with Gasteiger partial charge in [0.2, 0.25) is 0 Å². The van der Waals surface area contributed by atoms with Crippen LogP contribution in [0.15, 0.2) is 0 Å². The van der Waals surface area contributed by atoms with Gasteiger partial charge in [0.1, 0.15) is 0 Å². The van der Waals surface area contributed by atoms with E-state index in [0.29, 0.717) is 12.3 Å². The summed E-state index contributed by atoms with van der Waals surface area (Å²) in [7, 11) is 3.25. The van der Waals surface area contributed by atoms with Crippen molar-refractivity contribution in [3.8, 4) is 0 Å². The number of likely N-dealkylation sites (N-methyl/N-ethyl adjacent to an activating group) is 1. The molecule has 4 rings (SSSR count). The zero-order valence-electron chi connectivity index (χ0n) is 14.8. The molecule has 6 unspecified atom stereocenters. The predicted octanol–water partition coefficient (Wildman–Crippen LogP) is 1.60. The van der Waals surface area contributed by atoms with Crippen LogP contribution in [0, 0.1) is 27.2 Å². The van der Waals surface area contributed by atoms with Gasteiger partial charge in [-0.25, -0.2) is 0 Å². The smallest absolute Gasteiger partial charge is 0.0997 e. The molecule has 0 aromatic rings. The highest BCUT2D eigenvalue weighted by Crippen LogP contribution is 2.78. The number of methoxy groups -OCH3 is 1. The third-order valence-corrected chi connectivity index (χ3v) is 7.46. The van der Waals surface area contributed by atoms with Gasteiger partial charge in [-0.1, -0.05) is 19.8 Å². The van der Waals surface area contributed by atoms with E-state index in [1.807, 2.05) is 0 Å². The molecule has 4 aliphatic rings. The van der Waals surface area contributed by atoms with E-state index in [1.165, 1.54) is 7.05 Å². The summed E-state index contributed by atoms with van der Waals surface area (Å²) >= 11 is 0. The Morgan fingerprint density at radius 2 is 1.79 bits per heavy atom. The van der Waals surface area contributed by atoms with E-state index < -0.39 is 6.04 Å². The average Bonchev–Trinajstić information content (AvgIpc) is 3.14. The fourth-order valence-electron chi connectivity index (χ4n) is 6.23. The van der Waals surface area contributed by atoms with E-state index in [1.54, 1.807) is 7.11 Å². The van der Waals surface area contributed by atoms with E-state index in [2.05, 4.69) is 6.92 Å². The van der Waals surface area contributed by atoms with Crippen LogP contribution < -0.4 is 5.73 Å². The second-order valence-electron chi connectivity index (χ2n) is 8.69. The molecule has 0 heterocycles. The molecule has 0 amide bonds. The summed E-state index contributed by atoms with van der Waals surface area (Å²) < 4.78 is 5.71. The van der Waals surface area contributed by atoms with Crippen LogP contribution in [0.25, 0.3) is 0 Å². The first-order valence-corrected chi connectivity index (χ1v) is 9.16. The normalized spacial score (nSPS) is 53.0. The molecule has 8 atom stereocenters. The van der Waals surface area contributed by atoms with Gasteiger partial charge in [-0.15, -0.1) is 0 Å². The molecule has 2 N–H and O–H groups in total. The Morgan fingerprint density at radius 1 is 1.12 bits per heavy atom. The predicted molar refractivity (Wildman–Crippen MR) is 89.3 cm³/mol. The van der Waals surface area contributed by atoms with Crippen molar-refractivity contribution in [2.75, 3.05) is 14.2 Å². The maximum atomic E-state index is 12.7. The number of nitrogens with zero attached hydrogens (tertiary/aromatic N) is 2. The summed E-state index contributed by atoms with van der Waals surface area (Å²) in [4.78, 5) is 5.91. The molecule has 138 valence electrons. The standard InChI is InChI=1S/C17H29N3O4/c1-16-9-17(8-10(17)14(16)23-3)15(13(16)18)24-20(22)12-7-5-4-6-11(12)19(2)21/h10-15H,4-9,18H2,1-3H3/q-2/t10?,11?,12?,13?,14?,15?,16-,17-/m0/s1. The lowest BCUT2D eigenvalue weighted by Crippen LogP contribution is -2.56. The Balaban J connectivity index is 1.48. The van der Waals surface area contributed by atoms with Crippen molar-refractivity contribution >= 4 is 0 Å². The van der Waals surface area contributed by atoms with Crippen LogP contribution in [0.4, 0.5) is 0 Å². The van der Waals surface area contributed by atoms with Crippen molar-refractivity contribution in [1.82, 2.24) is 10.3 Å². The summed E-state index contributed by atoms with van der Waals surface area (Å²) in [5, 5.41) is 26.2. The van der Waals surface area contributed by atoms with Crippen LogP contribution in [0.5, 0.6) is 0 Å². The largest absolute Gasteiger partial charge is 0.785 e. The molecule has 0 aromatic carbocycles. The monoisotopic (exact) mass is 339 g/mol. The lowest BCUT2D eigenvalue weighted by Gasteiger charge is -2.50. The van der Waals surface area contributed by atoms with E-state index in [0.717, 1.165) is 42.4 Å². The van der Waals surface area contributed by atoms with Crippen LogP contribution in [-0.2, 0) is 9.57 Å². The molecule has 0 aliphatic heterocycles. The van der Waals surface area contributed by atoms with Gasteiger partial charge in [-0.2, -0.15) is 0 Å². The lowest BCUT2D eigenvalue weighted by molar-refractivity contribution is -0.227. The summed E-state index contributed by atoms with van der Waals surface area (Å²) in [6, 6.07) is -0.891. The zero-order chi connectivity index (χ0) is 17.3. The van der Waals surface area contributed by atoms with E-state index in [9.17, 15) is 10.4 Å². The van der Waals surface area contributed by atoms with Crippen LogP contribution in [0.2, 0.25) is 0 Å². The highest BCUT2D eigenvalue weighted by Gasteiger charge is 2.81. The number of rotatable bonds is 5. The van der Waals surface area contributed by atoms with Crippen molar-refractivity contribution in [3.63, 3.8) is 0 Å². The Bertz CT molecular complexity index is 506. The Hall–Kier alpha value is -0.280. The molecular formula is C17H29N3O4-2. The molecule has 1 spiro atoms. The average molecular weight is 339 g/mol. The molecule has 4 aliphatic carbocycles. The van der Waals surface area contributed by atoms with E-state index >= 15 is 0 Å². The van der Waals surface area contributed by atoms with Crippen LogP contribution in [0.3, 0.4) is 0 Å². The molecule has 0 saturated heterocycles. The molecular weight excluding hydrogens is 310 g/mol. The number of hydrogen-bond donors (Lipinski definition) is 1. The minimum atomic E-state index is -0.396. The first-order valence-electron chi connectivity index (χ1n) is 9.16. The molecule has 2 bridgehead atoms. The quantitative estimate of drug-likeness (QED) is 0.760. The minimum Gasteiger partial charge on any atom is -0.785 e. The summed E-state index contributed by atoms with van der Waals surface area (Å²) in [5.74, 6) is 0.454. The fourth-order valence-corrected chi connectivity index (χ4v) is 6.23. The van der Waals surface area contributed by atoms with Crippen LogP contribution in [0.1, 0.15) is 45.4 Å². The number of fused-ring (bicyclic) bond motifs is 1. The van der Waals surface area contributed by atoms with Gasteiger partial charge in [0.15, 0.2) is 0 Å². The van der Waals surface area contributed by atoms with Crippen LogP contribution in [-0.4, -0.2) is 54.8 Å². The van der Waals surface area contributed by atoms with Crippen molar-refractivity contribution < 1.29 is 9.57 Å². The second-order valence-corrected chi connectivity index (χ2v) is 8.69. The van der Waals surface area contributed by atoms with Crippen molar-refractivity contribution in [2.24, 2.45) is 22.5 Å². The highest BCUT2D eigenvalue weighted by molar-refractivity contribution is 5.31. The number of hydrogen-bond acceptors (Lipinski definition) is 7. The van der Waals surface area contributed by atoms with Crippen molar-refractivity contribution in [1.29, 1.82) is 0 Å². The van der Waals surface area contributed by atoms with Gasteiger partial charge in [0, 0.05) is 36.1 Å². The Labute approximate surface area is 143 Å². The first-order chi connectivity index (χ1) is 11.3. The fraction of sp³-hybridized carbons (Fsp3) is 1.00. The maximum Gasteiger partial charge on any atom is 0.0997 e. The van der Waals surface area contributed by atoms with Gasteiger partial charge in [-0.3, -0.25) is 5.23 Å². The molecule has 7 heteroatoms. The van der Waals surface area contributed by atoms with Gasteiger partial charge in [0.25, 0.3) is 0 Å². The van der Waals surface area contributed by atoms with Crippen LogP contribution >= 0.6 is 0 Å². The van der Waals surface area contributed by atoms with Gasteiger partial charge < -0.3 is 30.8 Å². The van der Waals surface area contributed by atoms with Crippen molar-refractivity contribution in [3.05, 3.63) is 10.4 Å². The summed E-state index contributed by atoms with van der Waals surface area (Å²) in [6.07, 6.45) is 5.33. The van der Waals surface area contributed by atoms with Gasteiger partial charge >= 0.3 is 0 Å². The molecule has 24 heavy (non-hydrogen) atoms. The first kappa shape index (κ1) is 17.1. The van der Waals surface area contributed by atoms with Gasteiger partial charge in [0.05, 0.1) is 12.2 Å². The molecule has 4 saturated carbocycles. The topological polar surface area (TPSA) is 97.1 Å². The molecule has 0 aromatic heterocycles. The second kappa shape index (κ2) is 5.61. The minimum absolute atomic E-state index is 0.00499. The maximum absolute atomic E-state index is 12.7. The van der Waals surface area contributed by atoms with E-state index in [-0.39, 0.29) is 35.1 Å². The van der Waals surface area contributed by atoms with Gasteiger partial charge in [-0.05, 0) is 38.6 Å². The zero-order valence-corrected chi connectivity index (χ0v) is 14.8. The Kier molecular flexibility index (Phi) is 4.01. The number of ether oxygens (including phenoxy) is 1. The molecule has 0 radical (unpaired) electrons. The third-order valence-electron chi connectivity index (χ3n) is 7.46. The lowest BCUT2D eigenvalue weighted by atomic mass is 9.78. The summed E-state index contributed by atoms with van der Waals surface area (Å²) in [5.41, 5.74) is 6.39. The van der Waals surface area contributed by atoms with Crippen molar-refractivity contribution in [2.45, 2.75) is 75.8 Å². The Morgan fingerprint density at radius 3 is 2.42 bits per heavy atom.